The van der Waals surface area contributed by atoms with Crippen molar-refractivity contribution < 1.29 is 0 Å². The van der Waals surface area contributed by atoms with Gasteiger partial charge in [-0.05, 0) is 58.2 Å². The van der Waals surface area contributed by atoms with Crippen molar-refractivity contribution >= 4 is 21.6 Å². The van der Waals surface area contributed by atoms with E-state index in [0.717, 1.165) is 27.8 Å². The summed E-state index contributed by atoms with van der Waals surface area (Å²) < 4.78 is 1.02. The average molecular weight is 344 g/mol. The molecule has 4 heteroatoms. The molecule has 0 heterocycles. The molecule has 2 aromatic rings. The number of halogens is 1. The Balaban J connectivity index is 2.20. The fourth-order valence-corrected chi connectivity index (χ4v) is 2.91. The summed E-state index contributed by atoms with van der Waals surface area (Å²) in [6.07, 6.45) is 0. The molecular formula is C17H18BrN3. The summed E-state index contributed by atoms with van der Waals surface area (Å²) in [5.41, 5.74) is 9.90. The third kappa shape index (κ3) is 3.84. The first-order chi connectivity index (χ1) is 10.0. The van der Waals surface area contributed by atoms with Crippen LogP contribution in [0.1, 0.15) is 29.7 Å². The highest BCUT2D eigenvalue weighted by atomic mass is 79.9. The lowest BCUT2D eigenvalue weighted by Gasteiger charge is -2.22. The Morgan fingerprint density at radius 1 is 1.29 bits per heavy atom. The third-order valence-electron chi connectivity index (χ3n) is 3.38. The molecule has 0 saturated carbocycles. The van der Waals surface area contributed by atoms with E-state index in [1.165, 1.54) is 0 Å². The van der Waals surface area contributed by atoms with Crippen LogP contribution >= 0.6 is 15.9 Å². The molecule has 0 amide bonds. The van der Waals surface area contributed by atoms with E-state index in [0.29, 0.717) is 5.56 Å². The van der Waals surface area contributed by atoms with Gasteiger partial charge in [0.1, 0.15) is 0 Å². The summed E-state index contributed by atoms with van der Waals surface area (Å²) in [6.45, 7) is 2.71. The minimum absolute atomic E-state index is 0.0213. The van der Waals surface area contributed by atoms with E-state index in [1.807, 2.05) is 44.3 Å². The standard InChI is InChI=1S/C17H18BrN3/c1-12(20)15-6-7-17(16(18)9-15)21(2)11-14-5-3-4-13(8-14)10-19/h3-9,12H,11,20H2,1-2H3/t12-/m1/s1. The van der Waals surface area contributed by atoms with Crippen molar-refractivity contribution in [1.29, 1.82) is 5.26 Å². The maximum Gasteiger partial charge on any atom is 0.0991 e. The van der Waals surface area contributed by atoms with Crippen molar-refractivity contribution in [3.8, 4) is 6.07 Å². The maximum absolute atomic E-state index is 8.96. The van der Waals surface area contributed by atoms with E-state index < -0.39 is 0 Å². The number of hydrogen-bond donors (Lipinski definition) is 1. The predicted octanol–water partition coefficient (Wildman–Crippen LogP) is 3.98. The molecule has 0 aliphatic carbocycles. The Morgan fingerprint density at radius 3 is 2.67 bits per heavy atom. The third-order valence-corrected chi connectivity index (χ3v) is 4.02. The highest BCUT2D eigenvalue weighted by Gasteiger charge is 2.09. The topological polar surface area (TPSA) is 53.0 Å². The number of nitrogens with zero attached hydrogens (tertiary/aromatic N) is 2. The number of anilines is 1. The molecule has 0 unspecified atom stereocenters. The summed E-state index contributed by atoms with van der Waals surface area (Å²) in [4.78, 5) is 2.14. The predicted molar refractivity (Wildman–Crippen MR) is 90.0 cm³/mol. The van der Waals surface area contributed by atoms with Crippen LogP contribution < -0.4 is 10.6 Å². The van der Waals surface area contributed by atoms with E-state index in [1.54, 1.807) is 0 Å². The van der Waals surface area contributed by atoms with Crippen LogP contribution in [0.5, 0.6) is 0 Å². The van der Waals surface area contributed by atoms with Gasteiger partial charge in [0.15, 0.2) is 0 Å². The molecule has 0 aliphatic heterocycles. The second-order valence-corrected chi connectivity index (χ2v) is 6.02. The highest BCUT2D eigenvalue weighted by Crippen LogP contribution is 2.29. The minimum Gasteiger partial charge on any atom is -0.369 e. The van der Waals surface area contributed by atoms with Crippen LogP contribution in [0.15, 0.2) is 46.9 Å². The van der Waals surface area contributed by atoms with E-state index in [2.05, 4.69) is 39.0 Å². The van der Waals surface area contributed by atoms with Crippen LogP contribution in [-0.4, -0.2) is 7.05 Å². The first kappa shape index (κ1) is 15.6. The number of benzene rings is 2. The molecule has 21 heavy (non-hydrogen) atoms. The van der Waals surface area contributed by atoms with Gasteiger partial charge in [-0.15, -0.1) is 0 Å². The summed E-state index contributed by atoms with van der Waals surface area (Å²) >= 11 is 3.61. The second-order valence-electron chi connectivity index (χ2n) is 5.17. The van der Waals surface area contributed by atoms with Gasteiger partial charge < -0.3 is 10.6 Å². The lowest BCUT2D eigenvalue weighted by molar-refractivity contribution is 0.816. The monoisotopic (exact) mass is 343 g/mol. The van der Waals surface area contributed by atoms with Crippen molar-refractivity contribution in [2.24, 2.45) is 5.73 Å². The number of rotatable bonds is 4. The van der Waals surface area contributed by atoms with Gasteiger partial charge in [0.05, 0.1) is 17.3 Å². The maximum atomic E-state index is 8.96. The zero-order chi connectivity index (χ0) is 15.4. The molecular weight excluding hydrogens is 326 g/mol. The van der Waals surface area contributed by atoms with Crippen LogP contribution in [0.2, 0.25) is 0 Å². The number of nitrogens with two attached hydrogens (primary N) is 1. The molecule has 0 fully saturated rings. The molecule has 1 atom stereocenters. The van der Waals surface area contributed by atoms with Crippen molar-refractivity contribution in [2.75, 3.05) is 11.9 Å². The van der Waals surface area contributed by atoms with Gasteiger partial charge >= 0.3 is 0 Å². The fourth-order valence-electron chi connectivity index (χ4n) is 2.21. The van der Waals surface area contributed by atoms with Crippen LogP contribution in [-0.2, 0) is 6.54 Å². The number of nitriles is 1. The van der Waals surface area contributed by atoms with Crippen LogP contribution in [0.3, 0.4) is 0 Å². The summed E-state index contributed by atoms with van der Waals surface area (Å²) in [5.74, 6) is 0. The lowest BCUT2D eigenvalue weighted by Crippen LogP contribution is -2.17. The molecule has 0 spiro atoms. The highest BCUT2D eigenvalue weighted by molar-refractivity contribution is 9.10. The molecule has 0 saturated heterocycles. The van der Waals surface area contributed by atoms with E-state index >= 15 is 0 Å². The zero-order valence-electron chi connectivity index (χ0n) is 12.2. The summed E-state index contributed by atoms with van der Waals surface area (Å²) in [6, 6.07) is 16.0. The van der Waals surface area contributed by atoms with Crippen molar-refractivity contribution in [3.05, 3.63) is 63.6 Å². The average Bonchev–Trinajstić information content (AvgIpc) is 2.47. The molecule has 0 radical (unpaired) electrons. The van der Waals surface area contributed by atoms with Gasteiger partial charge in [-0.3, -0.25) is 0 Å². The van der Waals surface area contributed by atoms with E-state index in [4.69, 9.17) is 11.0 Å². The molecule has 2 aromatic carbocycles. The SMILES string of the molecule is C[C@@H](N)c1ccc(N(C)Cc2cccc(C#N)c2)c(Br)c1. The quantitative estimate of drug-likeness (QED) is 0.913. The molecule has 0 aromatic heterocycles. The van der Waals surface area contributed by atoms with Gasteiger partial charge in [-0.2, -0.15) is 5.26 Å². The van der Waals surface area contributed by atoms with Crippen molar-refractivity contribution in [2.45, 2.75) is 19.5 Å². The molecule has 2 N–H and O–H groups in total. The Hall–Kier alpha value is -1.83. The molecule has 108 valence electrons. The van der Waals surface area contributed by atoms with Gasteiger partial charge in [-0.25, -0.2) is 0 Å². The number of hydrogen-bond acceptors (Lipinski definition) is 3. The summed E-state index contributed by atoms with van der Waals surface area (Å²) in [5, 5.41) is 8.96. The first-order valence-electron chi connectivity index (χ1n) is 6.76. The normalized spacial score (nSPS) is 11.8. The molecule has 0 bridgehead atoms. The largest absolute Gasteiger partial charge is 0.369 e. The summed E-state index contributed by atoms with van der Waals surface area (Å²) in [7, 11) is 2.03. The lowest BCUT2D eigenvalue weighted by atomic mass is 10.1. The van der Waals surface area contributed by atoms with Gasteiger partial charge in [-0.1, -0.05) is 18.2 Å². The van der Waals surface area contributed by atoms with Crippen LogP contribution in [0, 0.1) is 11.3 Å². The Labute approximate surface area is 134 Å². The minimum atomic E-state index is 0.0213. The van der Waals surface area contributed by atoms with Crippen LogP contribution in [0.4, 0.5) is 5.69 Å². The van der Waals surface area contributed by atoms with Crippen LogP contribution in [0.25, 0.3) is 0 Å². The Kier molecular flexibility index (Phi) is 5.00. The second kappa shape index (κ2) is 6.75. The first-order valence-corrected chi connectivity index (χ1v) is 7.55. The smallest absolute Gasteiger partial charge is 0.0991 e. The molecule has 0 aliphatic rings. The van der Waals surface area contributed by atoms with Crippen molar-refractivity contribution in [1.82, 2.24) is 0 Å². The molecule has 3 nitrogen and oxygen atoms in total. The van der Waals surface area contributed by atoms with E-state index in [-0.39, 0.29) is 6.04 Å². The fraction of sp³-hybridized carbons (Fsp3) is 0.235. The zero-order valence-corrected chi connectivity index (χ0v) is 13.8. The van der Waals surface area contributed by atoms with E-state index in [9.17, 15) is 0 Å². The van der Waals surface area contributed by atoms with Crippen molar-refractivity contribution in [3.63, 3.8) is 0 Å². The Bertz CT molecular complexity index is 674. The molecule has 2 rings (SSSR count). The Morgan fingerprint density at radius 2 is 2.05 bits per heavy atom. The van der Waals surface area contributed by atoms with Gasteiger partial charge in [0.25, 0.3) is 0 Å². The van der Waals surface area contributed by atoms with Gasteiger partial charge in [0, 0.05) is 24.1 Å². The van der Waals surface area contributed by atoms with Gasteiger partial charge in [0.2, 0.25) is 0 Å².